The van der Waals surface area contributed by atoms with Crippen molar-refractivity contribution in [2.24, 2.45) is 0 Å². The number of Topliss-reactive ketones (excluding diaryl/α,β-unsaturated/α-hetero) is 1. The van der Waals surface area contributed by atoms with Gasteiger partial charge in [0.25, 0.3) is 0 Å². The van der Waals surface area contributed by atoms with Gasteiger partial charge in [-0.1, -0.05) is 30.3 Å². The molecule has 7 heteroatoms. The maximum Gasteiger partial charge on any atom is 0.231 e. The van der Waals surface area contributed by atoms with E-state index >= 15 is 0 Å². The Labute approximate surface area is 195 Å². The number of ketones is 1. The Balaban J connectivity index is 1.71. The van der Waals surface area contributed by atoms with Gasteiger partial charge in [-0.05, 0) is 36.4 Å². The summed E-state index contributed by atoms with van der Waals surface area (Å²) < 4.78 is 22.3. The van der Waals surface area contributed by atoms with Gasteiger partial charge in [-0.25, -0.2) is 4.98 Å². The van der Waals surface area contributed by atoms with Crippen molar-refractivity contribution in [3.63, 3.8) is 0 Å². The number of benzene rings is 3. The molecule has 0 saturated carbocycles. The van der Waals surface area contributed by atoms with E-state index in [1.54, 1.807) is 18.2 Å². The Morgan fingerprint density at radius 2 is 1.65 bits per heavy atom. The average Bonchev–Trinajstić information content (AvgIpc) is 3.49. The third-order valence-corrected chi connectivity index (χ3v) is 5.62. The fraction of sp³-hybridized carbons (Fsp3) is 0.111. The number of hydrogen-bond acceptors (Lipinski definition) is 6. The minimum Gasteiger partial charge on any atom is -0.493 e. The number of aromatic nitrogens is 2. The van der Waals surface area contributed by atoms with E-state index in [0.29, 0.717) is 39.5 Å². The number of carbonyl (C=O) groups is 1. The highest BCUT2D eigenvalue weighted by Gasteiger charge is 2.24. The van der Waals surface area contributed by atoms with Crippen molar-refractivity contribution in [3.8, 4) is 17.2 Å². The van der Waals surface area contributed by atoms with E-state index in [0.717, 1.165) is 16.5 Å². The van der Waals surface area contributed by atoms with Gasteiger partial charge in [-0.2, -0.15) is 0 Å². The number of oxazole rings is 1. The summed E-state index contributed by atoms with van der Waals surface area (Å²) in [7, 11) is 4.53. The minimum atomic E-state index is -0.295. The van der Waals surface area contributed by atoms with E-state index in [1.807, 2.05) is 54.7 Å². The Morgan fingerprint density at radius 1 is 0.941 bits per heavy atom. The van der Waals surface area contributed by atoms with Crippen LogP contribution in [0.2, 0.25) is 0 Å². The topological polar surface area (TPSA) is 86.6 Å². The molecular weight excluding hydrogens is 432 g/mol. The highest BCUT2D eigenvalue weighted by molar-refractivity contribution is 6.32. The number of hydrogen-bond donors (Lipinski definition) is 1. The molecule has 3 aromatic carbocycles. The number of para-hydroxylation sites is 3. The quantitative estimate of drug-likeness (QED) is 0.249. The second-order valence-corrected chi connectivity index (χ2v) is 7.58. The molecule has 5 rings (SSSR count). The van der Waals surface area contributed by atoms with Crippen molar-refractivity contribution in [1.82, 2.24) is 9.97 Å². The third-order valence-electron chi connectivity index (χ3n) is 5.62. The number of methoxy groups -OCH3 is 3. The van der Waals surface area contributed by atoms with Gasteiger partial charge < -0.3 is 23.6 Å². The van der Waals surface area contributed by atoms with Crippen molar-refractivity contribution in [1.29, 1.82) is 0 Å². The van der Waals surface area contributed by atoms with E-state index in [9.17, 15) is 4.79 Å². The van der Waals surface area contributed by atoms with Crippen LogP contribution in [0.3, 0.4) is 0 Å². The minimum absolute atomic E-state index is 0.227. The zero-order valence-electron chi connectivity index (χ0n) is 18.9. The summed E-state index contributed by atoms with van der Waals surface area (Å²) >= 11 is 0. The van der Waals surface area contributed by atoms with E-state index in [2.05, 4.69) is 9.97 Å². The van der Waals surface area contributed by atoms with Gasteiger partial charge >= 0.3 is 0 Å². The van der Waals surface area contributed by atoms with Crippen LogP contribution in [0.15, 0.2) is 71.3 Å². The van der Waals surface area contributed by atoms with Crippen LogP contribution in [0.4, 0.5) is 0 Å². The Bertz CT molecular complexity index is 1490. The number of nitrogens with one attached hydrogen (secondary N) is 1. The van der Waals surface area contributed by atoms with Gasteiger partial charge in [-0.3, -0.25) is 4.79 Å². The Morgan fingerprint density at radius 3 is 2.35 bits per heavy atom. The molecule has 0 unspecified atom stereocenters. The fourth-order valence-corrected chi connectivity index (χ4v) is 3.95. The molecule has 0 aliphatic carbocycles. The van der Waals surface area contributed by atoms with Crippen molar-refractivity contribution in [2.75, 3.05) is 21.3 Å². The molecule has 5 aromatic rings. The van der Waals surface area contributed by atoms with Gasteiger partial charge in [0.2, 0.25) is 11.6 Å². The summed E-state index contributed by atoms with van der Waals surface area (Å²) in [6, 6.07) is 18.5. The summed E-state index contributed by atoms with van der Waals surface area (Å²) in [6.07, 6.45) is 3.64. The molecule has 2 heterocycles. The van der Waals surface area contributed by atoms with Crippen molar-refractivity contribution >= 4 is 39.4 Å². The molecule has 0 amide bonds. The van der Waals surface area contributed by atoms with Crippen molar-refractivity contribution in [3.05, 3.63) is 83.9 Å². The number of fused-ring (bicyclic) bond motifs is 2. The van der Waals surface area contributed by atoms with Crippen LogP contribution in [0.5, 0.6) is 17.2 Å². The average molecular weight is 454 g/mol. The highest BCUT2D eigenvalue weighted by Crippen LogP contribution is 2.39. The molecule has 0 bridgehead atoms. The largest absolute Gasteiger partial charge is 0.493 e. The Kier molecular flexibility index (Phi) is 5.51. The summed E-state index contributed by atoms with van der Waals surface area (Å²) in [5, 5.41) is 0.980. The fourth-order valence-electron chi connectivity index (χ4n) is 3.95. The van der Waals surface area contributed by atoms with Crippen LogP contribution in [-0.2, 0) is 0 Å². The van der Waals surface area contributed by atoms with Crippen molar-refractivity contribution in [2.45, 2.75) is 0 Å². The second-order valence-electron chi connectivity index (χ2n) is 7.58. The lowest BCUT2D eigenvalue weighted by Gasteiger charge is -2.14. The van der Waals surface area contributed by atoms with Gasteiger partial charge in [0.1, 0.15) is 5.52 Å². The van der Waals surface area contributed by atoms with Gasteiger partial charge in [-0.15, -0.1) is 0 Å². The molecule has 2 aromatic heterocycles. The van der Waals surface area contributed by atoms with E-state index in [4.69, 9.17) is 18.6 Å². The zero-order chi connectivity index (χ0) is 23.7. The maximum atomic E-state index is 13.9. The number of aromatic amines is 1. The number of H-pyrrole nitrogens is 1. The molecule has 0 atom stereocenters. The lowest BCUT2D eigenvalue weighted by atomic mass is 9.99. The monoisotopic (exact) mass is 454 g/mol. The molecule has 0 radical (unpaired) electrons. The normalized spacial score (nSPS) is 11.7. The molecule has 7 nitrogen and oxygen atoms in total. The summed E-state index contributed by atoms with van der Waals surface area (Å²) in [5.41, 5.74) is 3.72. The number of allylic oxidation sites excluding steroid dienone is 1. The molecule has 0 aliphatic heterocycles. The molecule has 0 saturated heterocycles. The number of ether oxygens (including phenoxy) is 3. The first-order valence-corrected chi connectivity index (χ1v) is 10.6. The molecule has 170 valence electrons. The number of carbonyl (C=O) groups excluding carboxylic acids is 1. The lowest BCUT2D eigenvalue weighted by molar-refractivity contribution is 0.105. The summed E-state index contributed by atoms with van der Waals surface area (Å²) in [4.78, 5) is 21.7. The van der Waals surface area contributed by atoms with Crippen LogP contribution >= 0.6 is 0 Å². The number of rotatable bonds is 7. The third kappa shape index (κ3) is 3.67. The molecule has 1 N–H and O–H groups in total. The van der Waals surface area contributed by atoms with Crippen LogP contribution in [0.25, 0.3) is 33.7 Å². The molecule has 0 aliphatic rings. The zero-order valence-corrected chi connectivity index (χ0v) is 18.9. The predicted molar refractivity (Wildman–Crippen MR) is 131 cm³/mol. The first-order valence-electron chi connectivity index (χ1n) is 10.6. The number of nitrogens with zero attached hydrogens (tertiary/aromatic N) is 1. The predicted octanol–water partition coefficient (Wildman–Crippen LogP) is 5.76. The first kappa shape index (κ1) is 21.3. The highest BCUT2D eigenvalue weighted by atomic mass is 16.5. The molecule has 0 fully saturated rings. The molecule has 0 spiro atoms. The van der Waals surface area contributed by atoms with E-state index in [-0.39, 0.29) is 11.7 Å². The van der Waals surface area contributed by atoms with E-state index in [1.165, 1.54) is 21.3 Å². The van der Waals surface area contributed by atoms with E-state index < -0.39 is 0 Å². The van der Waals surface area contributed by atoms with Crippen molar-refractivity contribution < 1.29 is 23.4 Å². The lowest BCUT2D eigenvalue weighted by Crippen LogP contribution is -2.05. The SMILES string of the molecule is COc1cc(C(=O)/C(=C\c2c[nH]c3ccccc23)c2nc3ccccc3o2)cc(OC)c1OC. The first-order chi connectivity index (χ1) is 16.6. The summed E-state index contributed by atoms with van der Waals surface area (Å²) in [6.45, 7) is 0. The standard InChI is InChI=1S/C27H22N2O5/c1-31-23-13-16(14-24(32-2)26(23)33-3)25(30)19(27-29-21-10-6-7-11-22(21)34-27)12-17-15-28-20-9-5-4-8-18(17)20/h4-15,28H,1-3H3/b19-12+. The van der Waals surface area contributed by atoms with Crippen LogP contribution in [-0.4, -0.2) is 37.1 Å². The van der Waals surface area contributed by atoms with Crippen LogP contribution < -0.4 is 14.2 Å². The van der Waals surface area contributed by atoms with Gasteiger partial charge in [0.05, 0.1) is 26.9 Å². The van der Waals surface area contributed by atoms with Gasteiger partial charge in [0, 0.05) is 28.2 Å². The smallest absolute Gasteiger partial charge is 0.231 e. The van der Waals surface area contributed by atoms with Gasteiger partial charge in [0.15, 0.2) is 22.9 Å². The maximum absolute atomic E-state index is 13.9. The molecular formula is C27H22N2O5. The van der Waals surface area contributed by atoms with Crippen LogP contribution in [0.1, 0.15) is 21.8 Å². The Hall–Kier alpha value is -4.52. The second kappa shape index (κ2) is 8.78. The molecule has 34 heavy (non-hydrogen) atoms. The summed E-state index contributed by atoms with van der Waals surface area (Å²) in [5.74, 6) is 1.11. The van der Waals surface area contributed by atoms with Crippen LogP contribution in [0, 0.1) is 0 Å².